The lowest BCUT2D eigenvalue weighted by Gasteiger charge is -2.04. The van der Waals surface area contributed by atoms with Crippen LogP contribution in [0.3, 0.4) is 0 Å². The van der Waals surface area contributed by atoms with Crippen molar-refractivity contribution in [3.8, 4) is 0 Å². The molecule has 4 nitrogen and oxygen atoms in total. The lowest BCUT2D eigenvalue weighted by molar-refractivity contribution is -0.142. The van der Waals surface area contributed by atoms with Crippen LogP contribution in [0, 0.1) is 12.7 Å². The van der Waals surface area contributed by atoms with Gasteiger partial charge in [-0.2, -0.15) is 18.3 Å². The highest BCUT2D eigenvalue weighted by Gasteiger charge is 2.40. The molecule has 1 aromatic carbocycles. The molecule has 0 atom stereocenters. The Hall–Kier alpha value is -2.38. The van der Waals surface area contributed by atoms with Crippen LogP contribution in [0.15, 0.2) is 24.3 Å². The maximum atomic E-state index is 12.8. The van der Waals surface area contributed by atoms with E-state index in [-0.39, 0.29) is 12.2 Å². The Morgan fingerprint density at radius 3 is 2.29 bits per heavy atom. The molecular weight excluding hydrogens is 292 g/mol. The summed E-state index contributed by atoms with van der Waals surface area (Å²) in [4.78, 5) is 11.0. The fourth-order valence-electron chi connectivity index (χ4n) is 1.92. The number of hydrogen-bond acceptors (Lipinski definition) is 2. The van der Waals surface area contributed by atoms with Crippen molar-refractivity contribution >= 4 is 5.97 Å². The number of benzene rings is 1. The van der Waals surface area contributed by atoms with Crippen molar-refractivity contribution in [3.05, 3.63) is 52.6 Å². The third kappa shape index (κ3) is 3.04. The van der Waals surface area contributed by atoms with Gasteiger partial charge in [-0.1, -0.05) is 12.1 Å². The first-order valence-corrected chi connectivity index (χ1v) is 5.82. The molecule has 1 N–H and O–H groups in total. The van der Waals surface area contributed by atoms with E-state index in [1.54, 1.807) is 0 Å². The Labute approximate surface area is 116 Å². The summed E-state index contributed by atoms with van der Waals surface area (Å²) in [7, 11) is 0. The summed E-state index contributed by atoms with van der Waals surface area (Å²) in [5.41, 5.74) is -1.91. The van der Waals surface area contributed by atoms with Crippen molar-refractivity contribution < 1.29 is 27.5 Å². The molecule has 21 heavy (non-hydrogen) atoms. The smallest absolute Gasteiger partial charge is 0.436 e. The largest absolute Gasteiger partial charge is 0.478 e. The number of carbonyl (C=O) groups is 1. The van der Waals surface area contributed by atoms with Crippen LogP contribution in [-0.2, 0) is 12.7 Å². The summed E-state index contributed by atoms with van der Waals surface area (Å²) in [6.45, 7) is 1.16. The minimum atomic E-state index is -4.85. The fourth-order valence-corrected chi connectivity index (χ4v) is 1.92. The number of alkyl halides is 3. The summed E-state index contributed by atoms with van der Waals surface area (Å²) >= 11 is 0. The van der Waals surface area contributed by atoms with Gasteiger partial charge in [0.2, 0.25) is 0 Å². The van der Waals surface area contributed by atoms with Crippen LogP contribution in [0.1, 0.15) is 27.3 Å². The number of rotatable bonds is 3. The zero-order chi connectivity index (χ0) is 15.8. The van der Waals surface area contributed by atoms with E-state index in [0.717, 1.165) is 16.8 Å². The van der Waals surface area contributed by atoms with Gasteiger partial charge in [-0.15, -0.1) is 0 Å². The molecule has 0 saturated heterocycles. The van der Waals surface area contributed by atoms with Gasteiger partial charge in [0.25, 0.3) is 0 Å². The van der Waals surface area contributed by atoms with Crippen molar-refractivity contribution in [2.75, 3.05) is 0 Å². The van der Waals surface area contributed by atoms with Gasteiger partial charge in [0.15, 0.2) is 5.69 Å². The molecule has 0 radical (unpaired) electrons. The van der Waals surface area contributed by atoms with Crippen molar-refractivity contribution in [1.82, 2.24) is 9.78 Å². The molecule has 0 aliphatic heterocycles. The van der Waals surface area contributed by atoms with E-state index in [9.17, 15) is 22.4 Å². The Morgan fingerprint density at radius 2 is 1.86 bits per heavy atom. The van der Waals surface area contributed by atoms with Gasteiger partial charge in [-0.25, -0.2) is 9.18 Å². The zero-order valence-corrected chi connectivity index (χ0v) is 10.8. The second-order valence-corrected chi connectivity index (χ2v) is 4.40. The topological polar surface area (TPSA) is 55.1 Å². The van der Waals surface area contributed by atoms with E-state index in [4.69, 9.17) is 5.11 Å². The molecule has 1 aromatic heterocycles. The molecule has 0 fully saturated rings. The normalized spacial score (nSPS) is 11.7. The fraction of sp³-hybridized carbons (Fsp3) is 0.231. The number of carboxylic acids is 1. The number of aromatic carboxylic acids is 1. The quantitative estimate of drug-likeness (QED) is 0.886. The summed E-state index contributed by atoms with van der Waals surface area (Å²) in [6, 6.07) is 5.11. The van der Waals surface area contributed by atoms with E-state index in [2.05, 4.69) is 5.10 Å². The summed E-state index contributed by atoms with van der Waals surface area (Å²) in [5, 5.41) is 12.3. The van der Waals surface area contributed by atoms with Crippen LogP contribution < -0.4 is 0 Å². The van der Waals surface area contributed by atoms with Gasteiger partial charge in [-0.05, 0) is 24.6 Å². The van der Waals surface area contributed by atoms with Crippen LogP contribution in [0.2, 0.25) is 0 Å². The summed E-state index contributed by atoms with van der Waals surface area (Å²) in [6.07, 6.45) is -4.85. The molecule has 0 saturated carbocycles. The Bertz CT molecular complexity index is 675. The molecule has 0 unspecified atom stereocenters. The van der Waals surface area contributed by atoms with Gasteiger partial charge < -0.3 is 5.11 Å². The van der Waals surface area contributed by atoms with E-state index in [1.807, 2.05) is 0 Å². The SMILES string of the molecule is Cc1c(C(=O)O)c(C(F)(F)F)nn1Cc1ccc(F)cc1. The predicted octanol–water partition coefficient (Wildman–Crippen LogP) is 3.10. The molecule has 1 heterocycles. The summed E-state index contributed by atoms with van der Waals surface area (Å²) in [5.74, 6) is -2.16. The molecule has 2 rings (SSSR count). The zero-order valence-electron chi connectivity index (χ0n) is 10.8. The Kier molecular flexibility index (Phi) is 3.71. The molecule has 0 bridgehead atoms. The van der Waals surface area contributed by atoms with Gasteiger partial charge >= 0.3 is 12.1 Å². The minimum absolute atomic E-state index is 0.0809. The highest BCUT2D eigenvalue weighted by Crippen LogP contribution is 2.32. The maximum absolute atomic E-state index is 12.8. The molecule has 0 amide bonds. The molecule has 0 aliphatic carbocycles. The highest BCUT2D eigenvalue weighted by atomic mass is 19.4. The van der Waals surface area contributed by atoms with Crippen LogP contribution in [0.5, 0.6) is 0 Å². The van der Waals surface area contributed by atoms with Gasteiger partial charge in [0.05, 0.1) is 12.2 Å². The Balaban J connectivity index is 2.45. The predicted molar refractivity (Wildman–Crippen MR) is 64.4 cm³/mol. The van der Waals surface area contributed by atoms with Crippen molar-refractivity contribution in [3.63, 3.8) is 0 Å². The highest BCUT2D eigenvalue weighted by molar-refractivity contribution is 5.90. The van der Waals surface area contributed by atoms with Crippen molar-refractivity contribution in [2.45, 2.75) is 19.6 Å². The van der Waals surface area contributed by atoms with Crippen LogP contribution in [0.4, 0.5) is 17.6 Å². The van der Waals surface area contributed by atoms with Crippen LogP contribution in [0.25, 0.3) is 0 Å². The first-order valence-electron chi connectivity index (χ1n) is 5.82. The number of nitrogens with zero attached hydrogens (tertiary/aromatic N) is 2. The van der Waals surface area contributed by atoms with Crippen LogP contribution in [-0.4, -0.2) is 20.9 Å². The Morgan fingerprint density at radius 1 is 1.29 bits per heavy atom. The van der Waals surface area contributed by atoms with Gasteiger partial charge in [0.1, 0.15) is 11.4 Å². The monoisotopic (exact) mass is 302 g/mol. The van der Waals surface area contributed by atoms with Gasteiger partial charge in [-0.3, -0.25) is 4.68 Å². The van der Waals surface area contributed by atoms with Gasteiger partial charge in [0, 0.05) is 0 Å². The third-order valence-electron chi connectivity index (χ3n) is 2.93. The first kappa shape index (κ1) is 15.0. The lowest BCUT2D eigenvalue weighted by Crippen LogP contribution is -2.12. The first-order chi connectivity index (χ1) is 9.70. The minimum Gasteiger partial charge on any atom is -0.478 e. The third-order valence-corrected chi connectivity index (χ3v) is 2.93. The molecule has 0 aliphatic rings. The number of halogens is 4. The lowest BCUT2D eigenvalue weighted by atomic mass is 10.2. The van der Waals surface area contributed by atoms with E-state index in [0.29, 0.717) is 5.56 Å². The standard InChI is InChI=1S/C13H10F4N2O2/c1-7-10(12(20)21)11(13(15,16)17)18-19(7)6-8-2-4-9(14)5-3-8/h2-5H,6H2,1H3,(H,20,21). The second-order valence-electron chi connectivity index (χ2n) is 4.40. The van der Waals surface area contributed by atoms with Crippen LogP contribution >= 0.6 is 0 Å². The molecular formula is C13H10F4N2O2. The maximum Gasteiger partial charge on any atom is 0.436 e. The van der Waals surface area contributed by atoms with E-state index in [1.165, 1.54) is 19.1 Å². The molecule has 112 valence electrons. The molecule has 8 heteroatoms. The number of aromatic nitrogens is 2. The second kappa shape index (κ2) is 5.19. The van der Waals surface area contributed by atoms with E-state index < -0.39 is 29.2 Å². The average molecular weight is 302 g/mol. The molecule has 0 spiro atoms. The number of hydrogen-bond donors (Lipinski definition) is 1. The number of carboxylic acid groups (broad SMARTS) is 1. The van der Waals surface area contributed by atoms with Crippen molar-refractivity contribution in [2.24, 2.45) is 0 Å². The van der Waals surface area contributed by atoms with Crippen molar-refractivity contribution in [1.29, 1.82) is 0 Å². The van der Waals surface area contributed by atoms with E-state index >= 15 is 0 Å². The molecule has 2 aromatic rings. The summed E-state index contributed by atoms with van der Waals surface area (Å²) < 4.78 is 52.1. The average Bonchev–Trinajstić information content (AvgIpc) is 2.70.